The van der Waals surface area contributed by atoms with Crippen LogP contribution in [0.4, 0.5) is 5.69 Å². The molecule has 0 aliphatic carbocycles. The molecule has 1 aromatic heterocycles. The highest BCUT2D eigenvalue weighted by molar-refractivity contribution is 5.65. The number of nitrogens with one attached hydrogen (secondary N) is 1. The predicted molar refractivity (Wildman–Crippen MR) is 74.9 cm³/mol. The van der Waals surface area contributed by atoms with Crippen LogP contribution < -0.4 is 10.1 Å². The van der Waals surface area contributed by atoms with Gasteiger partial charge in [0, 0.05) is 6.07 Å². The third-order valence-electron chi connectivity index (χ3n) is 2.80. The van der Waals surface area contributed by atoms with Crippen LogP contribution in [0.5, 0.6) is 5.75 Å². The Kier molecular flexibility index (Phi) is 4.83. The third kappa shape index (κ3) is 3.54. The summed E-state index contributed by atoms with van der Waals surface area (Å²) in [4.78, 5) is 10.3. The van der Waals surface area contributed by atoms with Crippen molar-refractivity contribution < 1.29 is 14.1 Å². The van der Waals surface area contributed by atoms with Crippen LogP contribution in [0.2, 0.25) is 0 Å². The van der Waals surface area contributed by atoms with Crippen LogP contribution in [0.15, 0.2) is 22.6 Å². The van der Waals surface area contributed by atoms with Gasteiger partial charge in [0.1, 0.15) is 5.75 Å². The zero-order chi connectivity index (χ0) is 15.2. The fraction of sp³-hybridized carbons (Fsp3) is 0.385. The van der Waals surface area contributed by atoms with Crippen molar-refractivity contribution >= 4 is 5.69 Å². The zero-order valence-electron chi connectivity index (χ0n) is 11.8. The molecule has 0 amide bonds. The molecule has 8 nitrogen and oxygen atoms in total. The number of nitro benzene ring substituents is 1. The molecule has 0 bridgehead atoms. The Morgan fingerprint density at radius 2 is 2.24 bits per heavy atom. The van der Waals surface area contributed by atoms with Gasteiger partial charge in [0.2, 0.25) is 5.89 Å². The quantitative estimate of drug-likeness (QED) is 0.473. The maximum absolute atomic E-state index is 10.8. The molecule has 0 aliphatic rings. The number of ether oxygens (including phenoxy) is 1. The van der Waals surface area contributed by atoms with Crippen LogP contribution in [-0.2, 0) is 6.54 Å². The minimum Gasteiger partial charge on any atom is -0.496 e. The number of non-ortho nitro benzene ring substituents is 1. The summed E-state index contributed by atoms with van der Waals surface area (Å²) in [7, 11) is 1.43. The van der Waals surface area contributed by atoms with Crippen LogP contribution in [0, 0.1) is 10.1 Å². The molecule has 2 aromatic rings. The molecule has 2 rings (SSSR count). The van der Waals surface area contributed by atoms with Gasteiger partial charge < -0.3 is 14.5 Å². The molecule has 1 aromatic carbocycles. The number of nitro groups is 1. The Hall–Kier alpha value is -2.48. The van der Waals surface area contributed by atoms with Crippen LogP contribution in [0.1, 0.15) is 19.2 Å². The first-order valence-corrected chi connectivity index (χ1v) is 6.51. The topological polar surface area (TPSA) is 103 Å². The van der Waals surface area contributed by atoms with Gasteiger partial charge in [0.15, 0.2) is 0 Å². The standard InChI is InChI=1S/C13H16N4O4/c1-3-6-14-8-12-15-16-13(21-12)10-5-4-9(17(18)19)7-11(10)20-2/h4-5,7,14H,3,6,8H2,1-2H3. The molecule has 8 heteroatoms. The summed E-state index contributed by atoms with van der Waals surface area (Å²) < 4.78 is 10.7. The molecule has 0 unspecified atom stereocenters. The van der Waals surface area contributed by atoms with Crippen molar-refractivity contribution in [3.8, 4) is 17.2 Å². The van der Waals surface area contributed by atoms with Gasteiger partial charge in [0.25, 0.3) is 11.6 Å². The van der Waals surface area contributed by atoms with E-state index in [4.69, 9.17) is 9.15 Å². The molecule has 21 heavy (non-hydrogen) atoms. The first kappa shape index (κ1) is 14.9. The van der Waals surface area contributed by atoms with E-state index in [9.17, 15) is 10.1 Å². The molecule has 112 valence electrons. The van der Waals surface area contributed by atoms with Crippen molar-refractivity contribution in [1.29, 1.82) is 0 Å². The smallest absolute Gasteiger partial charge is 0.273 e. The van der Waals surface area contributed by atoms with Gasteiger partial charge in [-0.25, -0.2) is 0 Å². The number of aromatic nitrogens is 2. The average Bonchev–Trinajstić information content (AvgIpc) is 2.95. The van der Waals surface area contributed by atoms with Gasteiger partial charge in [-0.2, -0.15) is 0 Å². The van der Waals surface area contributed by atoms with E-state index < -0.39 is 4.92 Å². The number of hydrogen-bond donors (Lipinski definition) is 1. The summed E-state index contributed by atoms with van der Waals surface area (Å²) >= 11 is 0. The summed E-state index contributed by atoms with van der Waals surface area (Å²) in [5.41, 5.74) is 0.470. The highest BCUT2D eigenvalue weighted by atomic mass is 16.6. The largest absolute Gasteiger partial charge is 0.496 e. The Labute approximate surface area is 121 Å². The molecular formula is C13H16N4O4. The van der Waals surface area contributed by atoms with Gasteiger partial charge in [-0.15, -0.1) is 10.2 Å². The van der Waals surface area contributed by atoms with Crippen LogP contribution in [0.25, 0.3) is 11.5 Å². The molecule has 0 radical (unpaired) electrons. The lowest BCUT2D eigenvalue weighted by molar-refractivity contribution is -0.384. The molecule has 0 fully saturated rings. The summed E-state index contributed by atoms with van der Waals surface area (Å²) in [5.74, 6) is 1.05. The van der Waals surface area contributed by atoms with Crippen LogP contribution in [-0.4, -0.2) is 28.8 Å². The highest BCUT2D eigenvalue weighted by Crippen LogP contribution is 2.32. The second-order valence-corrected chi connectivity index (χ2v) is 4.32. The van der Waals surface area contributed by atoms with Crippen molar-refractivity contribution in [3.63, 3.8) is 0 Å². The molecule has 0 saturated carbocycles. The maximum atomic E-state index is 10.8. The van der Waals surface area contributed by atoms with Crippen LogP contribution in [0.3, 0.4) is 0 Å². The second-order valence-electron chi connectivity index (χ2n) is 4.32. The third-order valence-corrected chi connectivity index (χ3v) is 2.80. The van der Waals surface area contributed by atoms with Crippen molar-refractivity contribution in [2.45, 2.75) is 19.9 Å². The van der Waals surface area contributed by atoms with E-state index in [0.717, 1.165) is 13.0 Å². The van der Waals surface area contributed by atoms with E-state index in [-0.39, 0.29) is 11.6 Å². The minimum absolute atomic E-state index is 0.0556. The predicted octanol–water partition coefficient (Wildman–Crippen LogP) is 2.15. The van der Waals surface area contributed by atoms with E-state index in [1.807, 2.05) is 0 Å². The second kappa shape index (κ2) is 6.80. The highest BCUT2D eigenvalue weighted by Gasteiger charge is 2.17. The van der Waals surface area contributed by atoms with E-state index in [1.165, 1.54) is 25.3 Å². The zero-order valence-corrected chi connectivity index (χ0v) is 11.8. The van der Waals surface area contributed by atoms with Crippen LogP contribution >= 0.6 is 0 Å². The summed E-state index contributed by atoms with van der Waals surface area (Å²) in [6, 6.07) is 4.24. The summed E-state index contributed by atoms with van der Waals surface area (Å²) in [6.45, 7) is 3.41. The maximum Gasteiger partial charge on any atom is 0.273 e. The van der Waals surface area contributed by atoms with Crippen molar-refractivity contribution in [2.24, 2.45) is 0 Å². The van der Waals surface area contributed by atoms with E-state index in [0.29, 0.717) is 23.7 Å². The molecule has 0 spiro atoms. The molecule has 0 saturated heterocycles. The molecule has 1 heterocycles. The fourth-order valence-electron chi connectivity index (χ4n) is 1.78. The van der Waals surface area contributed by atoms with Crippen molar-refractivity contribution in [3.05, 3.63) is 34.2 Å². The minimum atomic E-state index is -0.486. The van der Waals surface area contributed by atoms with Gasteiger partial charge in [-0.3, -0.25) is 10.1 Å². The van der Waals surface area contributed by atoms with E-state index in [1.54, 1.807) is 0 Å². The lowest BCUT2D eigenvalue weighted by Gasteiger charge is -2.04. The van der Waals surface area contributed by atoms with Gasteiger partial charge >= 0.3 is 0 Å². The average molecular weight is 292 g/mol. The normalized spacial score (nSPS) is 10.6. The number of rotatable bonds is 7. The molecule has 1 N–H and O–H groups in total. The van der Waals surface area contributed by atoms with Crippen molar-refractivity contribution in [2.75, 3.05) is 13.7 Å². The Morgan fingerprint density at radius 1 is 1.43 bits per heavy atom. The molecule has 0 atom stereocenters. The lowest BCUT2D eigenvalue weighted by atomic mass is 10.2. The Morgan fingerprint density at radius 3 is 2.90 bits per heavy atom. The number of hydrogen-bond acceptors (Lipinski definition) is 7. The first-order chi connectivity index (χ1) is 10.2. The van der Waals surface area contributed by atoms with Gasteiger partial charge in [-0.05, 0) is 19.0 Å². The van der Waals surface area contributed by atoms with Crippen molar-refractivity contribution in [1.82, 2.24) is 15.5 Å². The van der Waals surface area contributed by atoms with Gasteiger partial charge in [0.05, 0.1) is 30.2 Å². The monoisotopic (exact) mass is 292 g/mol. The lowest BCUT2D eigenvalue weighted by Crippen LogP contribution is -2.13. The summed E-state index contributed by atoms with van der Waals surface area (Å²) in [6.07, 6.45) is 1.01. The molecule has 0 aliphatic heterocycles. The van der Waals surface area contributed by atoms with Gasteiger partial charge in [-0.1, -0.05) is 6.92 Å². The number of nitrogens with zero attached hydrogens (tertiary/aromatic N) is 3. The van der Waals surface area contributed by atoms with E-state index in [2.05, 4.69) is 22.4 Å². The number of benzene rings is 1. The Bertz CT molecular complexity index is 626. The Balaban J connectivity index is 2.23. The first-order valence-electron chi connectivity index (χ1n) is 6.51. The van der Waals surface area contributed by atoms with E-state index >= 15 is 0 Å². The fourth-order valence-corrected chi connectivity index (χ4v) is 1.78. The summed E-state index contributed by atoms with van der Waals surface area (Å²) in [5, 5.41) is 21.8. The SMILES string of the molecule is CCCNCc1nnc(-c2ccc([N+](=O)[O-])cc2OC)o1. The molecular weight excluding hydrogens is 276 g/mol. The number of methoxy groups -OCH3 is 1.